The number of benzene rings is 1. The van der Waals surface area contributed by atoms with Crippen molar-refractivity contribution in [1.29, 1.82) is 0 Å². The number of anilines is 1. The summed E-state index contributed by atoms with van der Waals surface area (Å²) in [7, 11) is -1.96. The van der Waals surface area contributed by atoms with E-state index in [1.54, 1.807) is 0 Å². The lowest BCUT2D eigenvalue weighted by atomic mass is 10.2. The Morgan fingerprint density at radius 1 is 1.25 bits per heavy atom. The summed E-state index contributed by atoms with van der Waals surface area (Å²) in [4.78, 5) is 15.7. The number of hydroxylamine groups is 1. The third-order valence-corrected chi connectivity index (χ3v) is 2.25. The highest BCUT2D eigenvalue weighted by atomic mass is 32.2. The van der Waals surface area contributed by atoms with E-state index in [1.165, 1.54) is 31.4 Å². The molecule has 0 atom stereocenters. The Balaban J connectivity index is 2.79. The van der Waals surface area contributed by atoms with Gasteiger partial charge < -0.3 is 0 Å². The first-order valence-corrected chi connectivity index (χ1v) is 6.22. The van der Waals surface area contributed by atoms with E-state index in [2.05, 4.69) is 15.0 Å². The molecular weight excluding hydrogens is 232 g/mol. The van der Waals surface area contributed by atoms with Crippen LogP contribution in [0.2, 0.25) is 0 Å². The Bertz CT molecular complexity index is 467. The minimum Gasteiger partial charge on any atom is -0.284 e. The first kappa shape index (κ1) is 12.5. The second-order valence-corrected chi connectivity index (χ2v) is 4.84. The molecule has 0 aromatic heterocycles. The van der Waals surface area contributed by atoms with Crippen LogP contribution in [0, 0.1) is 0 Å². The quantitative estimate of drug-likeness (QED) is 0.748. The molecule has 0 fully saturated rings. The van der Waals surface area contributed by atoms with E-state index in [0.29, 0.717) is 11.3 Å². The van der Waals surface area contributed by atoms with Crippen LogP contribution in [-0.4, -0.2) is 27.7 Å². The average molecular weight is 244 g/mol. The van der Waals surface area contributed by atoms with Gasteiger partial charge in [0.25, 0.3) is 5.91 Å². The van der Waals surface area contributed by atoms with Crippen LogP contribution in [0.3, 0.4) is 0 Å². The maximum atomic E-state index is 11.3. The van der Waals surface area contributed by atoms with Crippen molar-refractivity contribution < 1.29 is 18.0 Å². The summed E-state index contributed by atoms with van der Waals surface area (Å²) >= 11 is 0. The van der Waals surface area contributed by atoms with Gasteiger partial charge in [0, 0.05) is 11.3 Å². The number of amides is 1. The Kier molecular flexibility index (Phi) is 3.86. The number of hydrogen-bond donors (Lipinski definition) is 2. The fourth-order valence-electron chi connectivity index (χ4n) is 1.06. The van der Waals surface area contributed by atoms with E-state index >= 15 is 0 Å². The summed E-state index contributed by atoms with van der Waals surface area (Å²) < 4.78 is 24.1. The monoisotopic (exact) mass is 244 g/mol. The molecule has 1 aromatic rings. The lowest BCUT2D eigenvalue weighted by Gasteiger charge is -2.05. The van der Waals surface area contributed by atoms with Crippen LogP contribution in [-0.2, 0) is 14.9 Å². The van der Waals surface area contributed by atoms with Gasteiger partial charge in [-0.2, -0.15) is 0 Å². The molecule has 16 heavy (non-hydrogen) atoms. The molecule has 0 heterocycles. The Morgan fingerprint density at radius 2 is 1.81 bits per heavy atom. The van der Waals surface area contributed by atoms with Crippen LogP contribution in [0.1, 0.15) is 10.4 Å². The van der Waals surface area contributed by atoms with E-state index in [0.717, 1.165) is 6.26 Å². The van der Waals surface area contributed by atoms with Crippen molar-refractivity contribution in [3.8, 4) is 0 Å². The third kappa shape index (κ3) is 3.87. The zero-order valence-corrected chi connectivity index (χ0v) is 9.67. The minimum atomic E-state index is -3.30. The molecule has 0 bridgehead atoms. The van der Waals surface area contributed by atoms with Crippen molar-refractivity contribution in [3.05, 3.63) is 29.8 Å². The molecule has 0 unspecified atom stereocenters. The molecule has 0 aliphatic rings. The second kappa shape index (κ2) is 4.95. The van der Waals surface area contributed by atoms with Gasteiger partial charge >= 0.3 is 0 Å². The minimum absolute atomic E-state index is 0.376. The molecular formula is C9H12N2O4S. The fraction of sp³-hybridized carbons (Fsp3) is 0.222. The van der Waals surface area contributed by atoms with Gasteiger partial charge in [0.1, 0.15) is 0 Å². The van der Waals surface area contributed by atoms with Crippen LogP contribution >= 0.6 is 0 Å². The summed E-state index contributed by atoms with van der Waals surface area (Å²) in [6.45, 7) is 0. The van der Waals surface area contributed by atoms with E-state index in [4.69, 9.17) is 0 Å². The van der Waals surface area contributed by atoms with Gasteiger partial charge in [-0.05, 0) is 24.3 Å². The highest BCUT2D eigenvalue weighted by Crippen LogP contribution is 2.10. The summed E-state index contributed by atoms with van der Waals surface area (Å²) in [5.74, 6) is -0.395. The van der Waals surface area contributed by atoms with E-state index in [9.17, 15) is 13.2 Å². The zero-order valence-electron chi connectivity index (χ0n) is 8.85. The van der Waals surface area contributed by atoms with Crippen LogP contribution in [0.15, 0.2) is 24.3 Å². The lowest BCUT2D eigenvalue weighted by Crippen LogP contribution is -2.21. The van der Waals surface area contributed by atoms with Crippen molar-refractivity contribution in [3.63, 3.8) is 0 Å². The number of nitrogens with one attached hydrogen (secondary N) is 2. The van der Waals surface area contributed by atoms with Gasteiger partial charge in [-0.1, -0.05) is 0 Å². The highest BCUT2D eigenvalue weighted by Gasteiger charge is 2.05. The van der Waals surface area contributed by atoms with Gasteiger partial charge in [-0.15, -0.1) is 0 Å². The van der Waals surface area contributed by atoms with Gasteiger partial charge in [0.2, 0.25) is 10.0 Å². The maximum absolute atomic E-state index is 11.3. The van der Waals surface area contributed by atoms with Crippen molar-refractivity contribution in [2.45, 2.75) is 0 Å². The summed E-state index contributed by atoms with van der Waals surface area (Å²) in [6.07, 6.45) is 1.05. The van der Waals surface area contributed by atoms with Crippen molar-refractivity contribution in [2.75, 3.05) is 18.1 Å². The van der Waals surface area contributed by atoms with Gasteiger partial charge in [-0.3, -0.25) is 14.4 Å². The molecule has 0 spiro atoms. The summed E-state index contributed by atoms with van der Waals surface area (Å²) in [6, 6.07) is 5.96. The number of sulfonamides is 1. The molecule has 0 saturated heterocycles. The Labute approximate surface area is 93.6 Å². The van der Waals surface area contributed by atoms with E-state index < -0.39 is 15.9 Å². The van der Waals surface area contributed by atoms with Gasteiger partial charge in [-0.25, -0.2) is 13.9 Å². The molecule has 1 amide bonds. The largest absolute Gasteiger partial charge is 0.284 e. The second-order valence-electron chi connectivity index (χ2n) is 3.09. The van der Waals surface area contributed by atoms with Crippen LogP contribution in [0.5, 0.6) is 0 Å². The number of rotatable bonds is 4. The number of carbonyl (C=O) groups is 1. The summed E-state index contributed by atoms with van der Waals surface area (Å²) in [5.41, 5.74) is 2.93. The lowest BCUT2D eigenvalue weighted by molar-refractivity contribution is 0.0537. The molecule has 2 N–H and O–H groups in total. The van der Waals surface area contributed by atoms with Crippen molar-refractivity contribution in [2.24, 2.45) is 0 Å². The Morgan fingerprint density at radius 3 is 2.25 bits per heavy atom. The van der Waals surface area contributed by atoms with Gasteiger partial charge in [0.15, 0.2) is 0 Å². The molecule has 1 aromatic carbocycles. The summed E-state index contributed by atoms with van der Waals surface area (Å²) in [5, 5.41) is 0. The van der Waals surface area contributed by atoms with E-state index in [1.807, 2.05) is 0 Å². The van der Waals surface area contributed by atoms with Crippen LogP contribution in [0.4, 0.5) is 5.69 Å². The molecule has 6 nitrogen and oxygen atoms in total. The highest BCUT2D eigenvalue weighted by molar-refractivity contribution is 7.92. The standard InChI is InChI=1S/C9H12N2O4S/c1-15-10-9(12)7-3-5-8(6-4-7)11-16(2,13)14/h3-6,11H,1-2H3,(H,10,12). The molecule has 0 saturated carbocycles. The molecule has 0 aliphatic carbocycles. The average Bonchev–Trinajstić information content (AvgIpc) is 2.16. The van der Waals surface area contributed by atoms with Crippen molar-refractivity contribution >= 4 is 21.6 Å². The van der Waals surface area contributed by atoms with Crippen LogP contribution in [0.25, 0.3) is 0 Å². The predicted molar refractivity (Wildman–Crippen MR) is 59.4 cm³/mol. The molecule has 7 heteroatoms. The Hall–Kier alpha value is -1.60. The first-order valence-electron chi connectivity index (χ1n) is 4.33. The third-order valence-electron chi connectivity index (χ3n) is 1.65. The van der Waals surface area contributed by atoms with E-state index in [-0.39, 0.29) is 0 Å². The van der Waals surface area contributed by atoms with Gasteiger partial charge in [0.05, 0.1) is 13.4 Å². The fourth-order valence-corrected chi connectivity index (χ4v) is 1.62. The molecule has 0 radical (unpaired) electrons. The normalized spacial score (nSPS) is 10.9. The number of carbonyl (C=O) groups excluding carboxylic acids is 1. The smallest absolute Gasteiger partial charge is 0.274 e. The molecule has 88 valence electrons. The van der Waals surface area contributed by atoms with Crippen molar-refractivity contribution in [1.82, 2.24) is 5.48 Å². The molecule has 0 aliphatic heterocycles. The first-order chi connectivity index (χ1) is 7.42. The SMILES string of the molecule is CONC(=O)c1ccc(NS(C)(=O)=O)cc1. The molecule has 1 rings (SSSR count). The van der Waals surface area contributed by atoms with Crippen LogP contribution < -0.4 is 10.2 Å². The maximum Gasteiger partial charge on any atom is 0.274 e. The predicted octanol–water partition coefficient (Wildman–Crippen LogP) is 0.349. The number of hydrogen-bond acceptors (Lipinski definition) is 4. The zero-order chi connectivity index (χ0) is 12.2. The topological polar surface area (TPSA) is 84.5 Å².